The second kappa shape index (κ2) is 7.03. The summed E-state index contributed by atoms with van der Waals surface area (Å²) in [5, 5.41) is 15.0. The summed E-state index contributed by atoms with van der Waals surface area (Å²) in [6, 6.07) is 24.0. The largest absolute Gasteiger partial charge is 0.508 e. The highest BCUT2D eigenvalue weighted by molar-refractivity contribution is 7.99. The summed E-state index contributed by atoms with van der Waals surface area (Å²) in [7, 11) is 0. The van der Waals surface area contributed by atoms with Crippen molar-refractivity contribution in [2.75, 3.05) is 5.32 Å². The van der Waals surface area contributed by atoms with Crippen LogP contribution in [0.25, 0.3) is 0 Å². The summed E-state index contributed by atoms with van der Waals surface area (Å²) in [5.41, 5.74) is 3.28. The van der Waals surface area contributed by atoms with E-state index >= 15 is 0 Å². The molecule has 0 radical (unpaired) electrons. The Morgan fingerprint density at radius 1 is 0.920 bits per heavy atom. The molecule has 0 unspecified atom stereocenters. The van der Waals surface area contributed by atoms with Gasteiger partial charge in [0.2, 0.25) is 0 Å². The van der Waals surface area contributed by atoms with Crippen LogP contribution in [0, 0.1) is 0 Å². The molecule has 1 aliphatic heterocycles. The molecule has 3 aromatic carbocycles. The number of fused-ring (bicyclic) bond motifs is 1. The highest BCUT2D eigenvalue weighted by atomic mass is 35.5. The number of phenolic OH excluding ortho intramolecular Hbond substituents is 1. The normalized spacial score (nSPS) is 19.6. The van der Waals surface area contributed by atoms with Crippen molar-refractivity contribution in [3.05, 3.63) is 88.9 Å². The third-order valence-corrected chi connectivity index (χ3v) is 6.10. The Labute approximate surface area is 156 Å². The molecule has 0 saturated heterocycles. The topological polar surface area (TPSA) is 32.3 Å². The van der Waals surface area contributed by atoms with Crippen molar-refractivity contribution in [3.63, 3.8) is 0 Å². The molecule has 4 rings (SSSR count). The second-order valence-electron chi connectivity index (χ2n) is 6.15. The highest BCUT2D eigenvalue weighted by Crippen LogP contribution is 2.49. The van der Waals surface area contributed by atoms with Gasteiger partial charge in [-0.25, -0.2) is 0 Å². The lowest BCUT2D eigenvalue weighted by Crippen LogP contribution is -2.12. The fraction of sp³-hybridized carbons (Fsp3) is 0.143. The molecule has 0 aliphatic carbocycles. The molecule has 0 spiro atoms. The lowest BCUT2D eigenvalue weighted by atomic mass is 9.97. The number of hydrogen-bond acceptors (Lipinski definition) is 3. The van der Waals surface area contributed by atoms with Crippen LogP contribution in [0.15, 0.2) is 77.7 Å². The molecule has 0 aromatic heterocycles. The summed E-state index contributed by atoms with van der Waals surface area (Å²) in [5.74, 6) is 0.333. The van der Waals surface area contributed by atoms with Crippen molar-refractivity contribution < 1.29 is 5.11 Å². The van der Waals surface area contributed by atoms with Crippen LogP contribution in [0.4, 0.5) is 5.69 Å². The Bertz CT molecular complexity index is 881. The summed E-state index contributed by atoms with van der Waals surface area (Å²) in [4.78, 5) is 1.22. The Kier molecular flexibility index (Phi) is 4.60. The molecule has 4 heteroatoms. The Balaban J connectivity index is 1.76. The maximum atomic E-state index is 10.3. The molecule has 0 saturated carbocycles. The average Bonchev–Trinajstić information content (AvgIpc) is 2.82. The lowest BCUT2D eigenvalue weighted by molar-refractivity contribution is 0.461. The van der Waals surface area contributed by atoms with E-state index in [4.69, 9.17) is 11.6 Å². The minimum atomic E-state index is 0.0398. The van der Waals surface area contributed by atoms with Crippen molar-refractivity contribution >= 4 is 29.1 Å². The van der Waals surface area contributed by atoms with Crippen molar-refractivity contribution in [1.82, 2.24) is 0 Å². The van der Waals surface area contributed by atoms with Crippen LogP contribution in [0.2, 0.25) is 5.02 Å². The summed E-state index contributed by atoms with van der Waals surface area (Å²) in [6.07, 6.45) is 0.874. The van der Waals surface area contributed by atoms with Gasteiger partial charge in [0.25, 0.3) is 0 Å². The van der Waals surface area contributed by atoms with Crippen LogP contribution in [-0.2, 0) is 0 Å². The number of thioether (sulfide) groups is 1. The summed E-state index contributed by atoms with van der Waals surface area (Å²) in [6.45, 7) is 0. The molecule has 2 atom stereocenters. The number of anilines is 1. The first-order chi connectivity index (χ1) is 12.2. The molecule has 126 valence electrons. The van der Waals surface area contributed by atoms with Gasteiger partial charge in [-0.2, -0.15) is 0 Å². The fourth-order valence-electron chi connectivity index (χ4n) is 3.22. The number of hydrogen-bond donors (Lipinski definition) is 2. The summed E-state index contributed by atoms with van der Waals surface area (Å²) < 4.78 is 0. The van der Waals surface area contributed by atoms with Gasteiger partial charge in [0.1, 0.15) is 5.75 Å². The molecule has 2 nitrogen and oxygen atoms in total. The molecule has 0 fully saturated rings. The zero-order chi connectivity index (χ0) is 17.2. The lowest BCUT2D eigenvalue weighted by Gasteiger charge is -2.22. The van der Waals surface area contributed by atoms with E-state index in [1.165, 1.54) is 10.5 Å². The first-order valence-corrected chi connectivity index (χ1v) is 9.52. The minimum absolute atomic E-state index is 0.0398. The maximum Gasteiger partial charge on any atom is 0.120 e. The molecule has 0 bridgehead atoms. The van der Waals surface area contributed by atoms with Crippen LogP contribution in [0.3, 0.4) is 0 Å². The zero-order valence-corrected chi connectivity index (χ0v) is 15.1. The number of benzene rings is 3. The molecule has 1 heterocycles. The van der Waals surface area contributed by atoms with Crippen LogP contribution in [0.1, 0.15) is 28.8 Å². The van der Waals surface area contributed by atoms with Crippen LogP contribution >= 0.6 is 23.4 Å². The Hall–Kier alpha value is -2.10. The minimum Gasteiger partial charge on any atom is -0.508 e. The van der Waals surface area contributed by atoms with Gasteiger partial charge < -0.3 is 10.4 Å². The molecular weight excluding hydrogens is 350 g/mol. The van der Waals surface area contributed by atoms with Crippen molar-refractivity contribution in [3.8, 4) is 5.75 Å². The highest BCUT2D eigenvalue weighted by Gasteiger charge is 2.27. The van der Waals surface area contributed by atoms with E-state index in [-0.39, 0.29) is 11.3 Å². The van der Waals surface area contributed by atoms with Gasteiger partial charge in [-0.3, -0.25) is 0 Å². The Morgan fingerprint density at radius 3 is 2.44 bits per heavy atom. The fourth-order valence-corrected chi connectivity index (χ4v) is 4.64. The first-order valence-electron chi connectivity index (χ1n) is 8.26. The first kappa shape index (κ1) is 16.4. The van der Waals surface area contributed by atoms with Crippen LogP contribution in [-0.4, -0.2) is 5.11 Å². The molecular formula is C21H18ClNOS. The maximum absolute atomic E-state index is 10.3. The van der Waals surface area contributed by atoms with E-state index in [1.807, 2.05) is 48.2 Å². The van der Waals surface area contributed by atoms with Gasteiger partial charge in [0.15, 0.2) is 0 Å². The molecule has 2 N–H and O–H groups in total. The van der Waals surface area contributed by atoms with Gasteiger partial charge in [-0.05, 0) is 42.3 Å². The van der Waals surface area contributed by atoms with E-state index in [1.54, 1.807) is 6.07 Å². The van der Waals surface area contributed by atoms with E-state index in [9.17, 15) is 5.11 Å². The Morgan fingerprint density at radius 2 is 1.64 bits per heavy atom. The third-order valence-electron chi connectivity index (χ3n) is 4.49. The molecule has 0 amide bonds. The van der Waals surface area contributed by atoms with E-state index < -0.39 is 0 Å². The third kappa shape index (κ3) is 3.48. The predicted octanol–water partition coefficient (Wildman–Crippen LogP) is 6.44. The van der Waals surface area contributed by atoms with Gasteiger partial charge in [0, 0.05) is 26.4 Å². The average molecular weight is 368 g/mol. The van der Waals surface area contributed by atoms with E-state index in [2.05, 4.69) is 35.6 Å². The monoisotopic (exact) mass is 367 g/mol. The van der Waals surface area contributed by atoms with Crippen molar-refractivity contribution in [2.24, 2.45) is 0 Å². The van der Waals surface area contributed by atoms with E-state index in [0.29, 0.717) is 5.75 Å². The number of para-hydroxylation sites is 2. The quantitative estimate of drug-likeness (QED) is 0.547. The molecule has 1 aliphatic rings. The van der Waals surface area contributed by atoms with Crippen LogP contribution < -0.4 is 5.32 Å². The second-order valence-corrected chi connectivity index (χ2v) is 7.83. The van der Waals surface area contributed by atoms with E-state index in [0.717, 1.165) is 22.7 Å². The van der Waals surface area contributed by atoms with Gasteiger partial charge in [-0.15, -0.1) is 11.8 Å². The predicted molar refractivity (Wildman–Crippen MR) is 106 cm³/mol. The van der Waals surface area contributed by atoms with Crippen molar-refractivity contribution in [1.29, 1.82) is 0 Å². The van der Waals surface area contributed by atoms with Gasteiger partial charge in [-0.1, -0.05) is 54.1 Å². The SMILES string of the molecule is Oc1ccccc1[C@@H]1C[C@@H](c2ccc(Cl)cc2)Sc2ccccc2N1. The van der Waals surface area contributed by atoms with Gasteiger partial charge >= 0.3 is 0 Å². The van der Waals surface area contributed by atoms with Crippen LogP contribution in [0.5, 0.6) is 5.75 Å². The number of aromatic hydroxyl groups is 1. The molecule has 25 heavy (non-hydrogen) atoms. The number of halogens is 1. The molecule has 3 aromatic rings. The summed E-state index contributed by atoms with van der Waals surface area (Å²) >= 11 is 7.91. The number of rotatable bonds is 2. The number of phenols is 1. The van der Waals surface area contributed by atoms with Crippen molar-refractivity contribution in [2.45, 2.75) is 22.6 Å². The zero-order valence-electron chi connectivity index (χ0n) is 13.5. The van der Waals surface area contributed by atoms with Gasteiger partial charge in [0.05, 0.1) is 6.04 Å². The smallest absolute Gasteiger partial charge is 0.120 e. The number of nitrogens with one attached hydrogen (secondary N) is 1. The standard InChI is InChI=1S/C21H18ClNOS/c22-15-11-9-14(10-12-15)21-13-18(16-5-1-3-7-19(16)24)23-17-6-2-4-8-20(17)25-21/h1-12,18,21,23-24H,13H2/t18-,21-/m0/s1.